The van der Waals surface area contributed by atoms with E-state index in [1.54, 1.807) is 62.6 Å². The molecular formula is C23H16F6N3S2+. The first kappa shape index (κ1) is 23.0. The van der Waals surface area contributed by atoms with Crippen molar-refractivity contribution in [1.29, 1.82) is 0 Å². The average molecular weight is 513 g/mol. The van der Waals surface area contributed by atoms with Gasteiger partial charge in [-0.15, -0.1) is 0 Å². The number of aliphatic imine (C=N–C) groups is 1. The van der Waals surface area contributed by atoms with Gasteiger partial charge in [0.25, 0.3) is 5.01 Å². The number of aromatic nitrogens is 1. The van der Waals surface area contributed by atoms with Crippen molar-refractivity contribution >= 4 is 50.8 Å². The molecule has 2 aromatic carbocycles. The molecule has 0 unspecified atom stereocenters. The van der Waals surface area contributed by atoms with Crippen LogP contribution in [0.2, 0.25) is 0 Å². The molecule has 0 atom stereocenters. The lowest BCUT2D eigenvalue weighted by atomic mass is 9.93. The molecule has 176 valence electrons. The van der Waals surface area contributed by atoms with Crippen LogP contribution in [0.4, 0.5) is 32.0 Å². The molecule has 3 heterocycles. The van der Waals surface area contributed by atoms with Gasteiger partial charge in [0, 0.05) is 24.1 Å². The number of allylic oxidation sites excluding steroid dienone is 2. The number of thiazole rings is 1. The summed E-state index contributed by atoms with van der Waals surface area (Å²) in [6.07, 6.45) is 1.51. The van der Waals surface area contributed by atoms with Crippen LogP contribution in [0, 0.1) is 0 Å². The Labute approximate surface area is 198 Å². The van der Waals surface area contributed by atoms with Crippen LogP contribution >= 0.6 is 23.1 Å². The molecular weight excluding hydrogens is 496 g/mol. The lowest BCUT2D eigenvalue weighted by molar-refractivity contribution is -0.642. The van der Waals surface area contributed by atoms with E-state index in [4.69, 9.17) is 0 Å². The molecule has 34 heavy (non-hydrogen) atoms. The Balaban J connectivity index is 1.67. The summed E-state index contributed by atoms with van der Waals surface area (Å²) in [5.74, 6) is -16.0. The fraction of sp³-hybridized carbons (Fsp3) is 0.217. The topological polar surface area (TPSA) is 19.5 Å². The second kappa shape index (κ2) is 7.61. The summed E-state index contributed by atoms with van der Waals surface area (Å²) in [7, 11) is 3.15. The number of para-hydroxylation sites is 2. The van der Waals surface area contributed by atoms with Gasteiger partial charge in [-0.25, -0.2) is 4.99 Å². The molecule has 0 radical (unpaired) electrons. The zero-order valence-corrected chi connectivity index (χ0v) is 19.3. The van der Waals surface area contributed by atoms with Gasteiger partial charge in [-0.1, -0.05) is 47.4 Å². The molecule has 1 aromatic heterocycles. The number of hydrogen-bond acceptors (Lipinski definition) is 4. The van der Waals surface area contributed by atoms with E-state index in [-0.39, 0.29) is 10.0 Å². The van der Waals surface area contributed by atoms with Gasteiger partial charge >= 0.3 is 17.8 Å². The number of halogens is 6. The summed E-state index contributed by atoms with van der Waals surface area (Å²) in [6.45, 7) is 0. The standard InChI is InChI=1S/C23H16F6N3S2/c1-31-13-7-3-5-9-15(13)33-19(31)11-17-21(24,25)23(28,29)22(26,27)18(30-17)12-20-32(2)14-8-4-6-10-16(14)34-20/h3-12H,1-2H3/q+1. The molecule has 0 fully saturated rings. The average Bonchev–Trinajstić information content (AvgIpc) is 3.28. The monoisotopic (exact) mass is 512 g/mol. The van der Waals surface area contributed by atoms with Crippen LogP contribution in [0.5, 0.6) is 0 Å². The zero-order chi connectivity index (χ0) is 24.5. The summed E-state index contributed by atoms with van der Waals surface area (Å²) in [6, 6.07) is 13.9. The van der Waals surface area contributed by atoms with Crippen molar-refractivity contribution in [2.24, 2.45) is 12.0 Å². The van der Waals surface area contributed by atoms with E-state index in [9.17, 15) is 26.3 Å². The van der Waals surface area contributed by atoms with E-state index in [2.05, 4.69) is 4.99 Å². The Bertz CT molecular complexity index is 1410. The van der Waals surface area contributed by atoms with E-state index in [0.29, 0.717) is 11.2 Å². The first-order chi connectivity index (χ1) is 15.9. The van der Waals surface area contributed by atoms with Gasteiger partial charge in [0.1, 0.15) is 23.2 Å². The molecule has 0 saturated carbocycles. The molecule has 0 amide bonds. The summed E-state index contributed by atoms with van der Waals surface area (Å²) < 4.78 is 90.5. The predicted molar refractivity (Wildman–Crippen MR) is 122 cm³/mol. The second-order valence-corrected chi connectivity index (χ2v) is 9.95. The van der Waals surface area contributed by atoms with Gasteiger partial charge < -0.3 is 4.90 Å². The number of thioether (sulfide) groups is 1. The van der Waals surface area contributed by atoms with E-state index in [0.717, 1.165) is 44.8 Å². The number of benzene rings is 2. The molecule has 3 nitrogen and oxygen atoms in total. The van der Waals surface area contributed by atoms with Crippen LogP contribution < -0.4 is 9.47 Å². The van der Waals surface area contributed by atoms with Gasteiger partial charge in [-0.2, -0.15) is 30.9 Å². The molecule has 2 aliphatic heterocycles. The van der Waals surface area contributed by atoms with E-state index >= 15 is 0 Å². The first-order valence-electron chi connectivity index (χ1n) is 10.00. The first-order valence-corrected chi connectivity index (χ1v) is 11.6. The van der Waals surface area contributed by atoms with Crippen molar-refractivity contribution in [2.75, 3.05) is 11.9 Å². The number of nitrogens with zero attached hydrogens (tertiary/aromatic N) is 3. The Morgan fingerprint density at radius 2 is 1.59 bits per heavy atom. The minimum absolute atomic E-state index is 0.174. The highest BCUT2D eigenvalue weighted by Gasteiger charge is 2.77. The molecule has 0 saturated heterocycles. The predicted octanol–water partition coefficient (Wildman–Crippen LogP) is 6.51. The second-order valence-electron chi connectivity index (χ2n) is 7.83. The molecule has 0 spiro atoms. The molecule has 0 bridgehead atoms. The van der Waals surface area contributed by atoms with E-state index < -0.39 is 29.2 Å². The van der Waals surface area contributed by atoms with Crippen LogP contribution in [0.15, 0.2) is 75.2 Å². The number of aryl methyl sites for hydroxylation is 1. The molecule has 0 N–H and O–H groups in total. The van der Waals surface area contributed by atoms with Crippen LogP contribution in [-0.2, 0) is 7.05 Å². The highest BCUT2D eigenvalue weighted by atomic mass is 32.2. The van der Waals surface area contributed by atoms with Crippen molar-refractivity contribution < 1.29 is 30.9 Å². The van der Waals surface area contributed by atoms with Crippen molar-refractivity contribution in [3.63, 3.8) is 0 Å². The lowest BCUT2D eigenvalue weighted by Gasteiger charge is -2.36. The fourth-order valence-corrected chi connectivity index (χ4v) is 5.94. The summed E-state index contributed by atoms with van der Waals surface area (Å²) >= 11 is 2.14. The van der Waals surface area contributed by atoms with Gasteiger partial charge in [0.2, 0.25) is 5.52 Å². The van der Waals surface area contributed by atoms with E-state index in [1.807, 2.05) is 0 Å². The number of hydrogen-bond donors (Lipinski definition) is 0. The summed E-state index contributed by atoms with van der Waals surface area (Å²) in [5.41, 5.74) is -1.46. The van der Waals surface area contributed by atoms with Crippen LogP contribution in [0.3, 0.4) is 0 Å². The van der Waals surface area contributed by atoms with Gasteiger partial charge in [0.05, 0.1) is 10.7 Å². The molecule has 0 aliphatic carbocycles. The third-order valence-corrected chi connectivity index (χ3v) is 8.07. The van der Waals surface area contributed by atoms with Crippen LogP contribution in [0.25, 0.3) is 16.3 Å². The Hall–Kier alpha value is -2.79. The third-order valence-electron chi connectivity index (χ3n) is 5.74. The minimum Gasteiger partial charge on any atom is -0.338 e. The van der Waals surface area contributed by atoms with Crippen molar-refractivity contribution in [1.82, 2.24) is 0 Å². The quantitative estimate of drug-likeness (QED) is 0.288. The van der Waals surface area contributed by atoms with Crippen molar-refractivity contribution in [2.45, 2.75) is 22.7 Å². The highest BCUT2D eigenvalue weighted by molar-refractivity contribution is 8.03. The normalized spacial score (nSPS) is 22.9. The number of alkyl halides is 6. The van der Waals surface area contributed by atoms with Crippen LogP contribution in [0.1, 0.15) is 5.01 Å². The fourth-order valence-electron chi connectivity index (χ4n) is 3.76. The molecule has 5 rings (SSSR count). The van der Waals surface area contributed by atoms with Crippen LogP contribution in [-0.4, -0.2) is 30.5 Å². The van der Waals surface area contributed by atoms with Gasteiger partial charge in [-0.3, -0.25) is 0 Å². The smallest absolute Gasteiger partial charge is 0.338 e. The largest absolute Gasteiger partial charge is 0.383 e. The maximum atomic E-state index is 14.7. The SMILES string of the molecule is CN1/C(=C/C2=NC(=C\c3sc4ccccc4[n+]3C)/C(F)(F)C(F)(F)C2(F)F)Sc2ccccc21. The number of anilines is 1. The third kappa shape index (κ3) is 3.20. The minimum atomic E-state index is -5.68. The number of rotatable bonds is 2. The zero-order valence-electron chi connectivity index (χ0n) is 17.7. The summed E-state index contributed by atoms with van der Waals surface area (Å²) in [5, 5.41) is 0.347. The van der Waals surface area contributed by atoms with Gasteiger partial charge in [-0.05, 0) is 24.3 Å². The van der Waals surface area contributed by atoms with Crippen molar-refractivity contribution in [3.8, 4) is 0 Å². The number of fused-ring (bicyclic) bond motifs is 2. The maximum absolute atomic E-state index is 14.7. The van der Waals surface area contributed by atoms with Gasteiger partial charge in [0.15, 0.2) is 0 Å². The van der Waals surface area contributed by atoms with E-state index in [1.165, 1.54) is 9.47 Å². The Morgan fingerprint density at radius 1 is 0.912 bits per heavy atom. The molecule has 2 aliphatic rings. The molecule has 3 aromatic rings. The Kier molecular flexibility index (Phi) is 5.14. The maximum Gasteiger partial charge on any atom is 0.383 e. The Morgan fingerprint density at radius 3 is 2.29 bits per heavy atom. The summed E-state index contributed by atoms with van der Waals surface area (Å²) in [4.78, 5) is 5.67. The van der Waals surface area contributed by atoms with Crippen molar-refractivity contribution in [3.05, 3.63) is 70.3 Å². The highest BCUT2D eigenvalue weighted by Crippen LogP contribution is 2.54. The molecule has 11 heteroatoms. The lowest BCUT2D eigenvalue weighted by Crippen LogP contribution is -2.61.